The first-order chi connectivity index (χ1) is 7.74. The first-order valence-electron chi connectivity index (χ1n) is 5.36. The number of fused-ring (bicyclic) bond motifs is 1. The van der Waals surface area contributed by atoms with Crippen LogP contribution in [-0.4, -0.2) is 18.8 Å². The van der Waals surface area contributed by atoms with Gasteiger partial charge in [-0.1, -0.05) is 6.07 Å². The average molecular weight is 220 g/mol. The number of ether oxygens (including phenoxy) is 1. The largest absolute Gasteiger partial charge is 0.461 e. The first-order valence-corrected chi connectivity index (χ1v) is 5.36. The first kappa shape index (κ1) is 11.2. The Bertz CT molecular complexity index is 485. The zero-order valence-corrected chi connectivity index (χ0v) is 9.62. The zero-order chi connectivity index (χ0) is 11.5. The second-order valence-electron chi connectivity index (χ2n) is 3.94. The summed E-state index contributed by atoms with van der Waals surface area (Å²) in [6.45, 7) is 2.71. The van der Waals surface area contributed by atoms with Gasteiger partial charge in [-0.05, 0) is 30.2 Å². The van der Waals surface area contributed by atoms with Crippen molar-refractivity contribution in [1.29, 1.82) is 0 Å². The van der Waals surface area contributed by atoms with Gasteiger partial charge < -0.3 is 14.3 Å². The molecule has 0 aliphatic heterocycles. The van der Waals surface area contributed by atoms with Crippen LogP contribution in [0, 0.1) is 6.92 Å². The standard InChI is InChI=1S/C13H16O3/c1-9-5-10(8-14)6-11-7-12(3-4-15-2)16-13(9)11/h5-7,14H,3-4,8H2,1-2H3. The molecule has 3 nitrogen and oxygen atoms in total. The predicted octanol–water partition coefficient (Wildman–Crippen LogP) is 2.42. The third-order valence-corrected chi connectivity index (χ3v) is 2.65. The summed E-state index contributed by atoms with van der Waals surface area (Å²) in [4.78, 5) is 0. The maximum atomic E-state index is 9.12. The third kappa shape index (κ3) is 2.10. The number of benzene rings is 1. The second kappa shape index (κ2) is 4.68. The van der Waals surface area contributed by atoms with E-state index < -0.39 is 0 Å². The van der Waals surface area contributed by atoms with Gasteiger partial charge in [0, 0.05) is 18.9 Å². The summed E-state index contributed by atoms with van der Waals surface area (Å²) in [5.74, 6) is 0.926. The Balaban J connectivity index is 2.40. The van der Waals surface area contributed by atoms with Gasteiger partial charge in [0.1, 0.15) is 11.3 Å². The topological polar surface area (TPSA) is 42.6 Å². The van der Waals surface area contributed by atoms with Gasteiger partial charge in [-0.15, -0.1) is 0 Å². The number of aliphatic hydroxyl groups is 1. The summed E-state index contributed by atoms with van der Waals surface area (Å²) in [6, 6.07) is 5.93. The normalized spacial score (nSPS) is 11.2. The molecule has 0 spiro atoms. The average Bonchev–Trinajstić information content (AvgIpc) is 2.69. The van der Waals surface area contributed by atoms with E-state index in [9.17, 15) is 0 Å². The molecule has 0 bridgehead atoms. The molecule has 0 aliphatic carbocycles. The fourth-order valence-electron chi connectivity index (χ4n) is 1.88. The van der Waals surface area contributed by atoms with Crippen LogP contribution in [0.15, 0.2) is 22.6 Å². The van der Waals surface area contributed by atoms with Crippen molar-refractivity contribution in [1.82, 2.24) is 0 Å². The number of rotatable bonds is 4. The van der Waals surface area contributed by atoms with E-state index in [-0.39, 0.29) is 6.61 Å². The van der Waals surface area contributed by atoms with Gasteiger partial charge in [0.2, 0.25) is 0 Å². The fraction of sp³-hybridized carbons (Fsp3) is 0.385. The van der Waals surface area contributed by atoms with Gasteiger partial charge in [0.25, 0.3) is 0 Å². The van der Waals surface area contributed by atoms with Crippen LogP contribution >= 0.6 is 0 Å². The molecule has 1 heterocycles. The number of hydrogen-bond donors (Lipinski definition) is 1. The van der Waals surface area contributed by atoms with E-state index in [1.165, 1.54) is 0 Å². The van der Waals surface area contributed by atoms with Crippen LogP contribution < -0.4 is 0 Å². The summed E-state index contributed by atoms with van der Waals surface area (Å²) < 4.78 is 10.8. The minimum absolute atomic E-state index is 0.0648. The molecule has 0 amide bonds. The van der Waals surface area contributed by atoms with Crippen molar-refractivity contribution in [3.05, 3.63) is 35.1 Å². The molecule has 3 heteroatoms. The van der Waals surface area contributed by atoms with E-state index in [1.54, 1.807) is 7.11 Å². The summed E-state index contributed by atoms with van der Waals surface area (Å²) in [5.41, 5.74) is 2.89. The van der Waals surface area contributed by atoms with Gasteiger partial charge in [-0.3, -0.25) is 0 Å². The molecule has 0 saturated heterocycles. The Morgan fingerprint density at radius 2 is 2.12 bits per heavy atom. The lowest BCUT2D eigenvalue weighted by molar-refractivity contribution is 0.197. The van der Waals surface area contributed by atoms with Crippen molar-refractivity contribution >= 4 is 11.0 Å². The SMILES string of the molecule is COCCc1cc2cc(CO)cc(C)c2o1. The Morgan fingerprint density at radius 3 is 2.81 bits per heavy atom. The van der Waals surface area contributed by atoms with E-state index in [1.807, 2.05) is 25.1 Å². The lowest BCUT2D eigenvalue weighted by atomic mass is 10.1. The highest BCUT2D eigenvalue weighted by Crippen LogP contribution is 2.25. The molecule has 2 rings (SSSR count). The number of methoxy groups -OCH3 is 1. The van der Waals surface area contributed by atoms with Gasteiger partial charge in [0.15, 0.2) is 0 Å². The summed E-state index contributed by atoms with van der Waals surface area (Å²) in [5, 5.41) is 10.2. The fourth-order valence-corrected chi connectivity index (χ4v) is 1.88. The molecule has 2 aromatic rings. The summed E-state index contributed by atoms with van der Waals surface area (Å²) in [6.07, 6.45) is 0.777. The maximum absolute atomic E-state index is 9.12. The molecule has 0 atom stereocenters. The number of furan rings is 1. The number of aliphatic hydroxyl groups excluding tert-OH is 1. The van der Waals surface area contributed by atoms with Gasteiger partial charge in [0.05, 0.1) is 13.2 Å². The minimum Gasteiger partial charge on any atom is -0.461 e. The van der Waals surface area contributed by atoms with Crippen molar-refractivity contribution in [2.24, 2.45) is 0 Å². The molecule has 1 aromatic heterocycles. The van der Waals surface area contributed by atoms with Crippen LogP contribution in [-0.2, 0) is 17.8 Å². The number of hydrogen-bond acceptors (Lipinski definition) is 3. The van der Waals surface area contributed by atoms with Crippen molar-refractivity contribution in [2.75, 3.05) is 13.7 Å². The Kier molecular flexibility index (Phi) is 3.27. The van der Waals surface area contributed by atoms with E-state index in [4.69, 9.17) is 14.3 Å². The molecular formula is C13H16O3. The Hall–Kier alpha value is -1.32. The van der Waals surface area contributed by atoms with Gasteiger partial charge in [-0.25, -0.2) is 0 Å². The minimum atomic E-state index is 0.0648. The highest BCUT2D eigenvalue weighted by molar-refractivity contribution is 5.81. The van der Waals surface area contributed by atoms with E-state index >= 15 is 0 Å². The molecule has 0 fully saturated rings. The Labute approximate surface area is 94.6 Å². The van der Waals surface area contributed by atoms with Crippen LogP contribution in [0.2, 0.25) is 0 Å². The maximum Gasteiger partial charge on any atom is 0.137 e. The van der Waals surface area contributed by atoms with Crippen LogP contribution in [0.1, 0.15) is 16.9 Å². The molecule has 0 aliphatic rings. The molecule has 1 aromatic carbocycles. The van der Waals surface area contributed by atoms with Gasteiger partial charge >= 0.3 is 0 Å². The van der Waals surface area contributed by atoms with E-state index in [2.05, 4.69) is 0 Å². The van der Waals surface area contributed by atoms with Crippen LogP contribution in [0.3, 0.4) is 0 Å². The van der Waals surface area contributed by atoms with Gasteiger partial charge in [-0.2, -0.15) is 0 Å². The highest BCUT2D eigenvalue weighted by atomic mass is 16.5. The van der Waals surface area contributed by atoms with E-state index in [0.717, 1.165) is 34.3 Å². The molecule has 0 unspecified atom stereocenters. The van der Waals surface area contributed by atoms with Crippen LogP contribution in [0.25, 0.3) is 11.0 Å². The molecule has 86 valence electrons. The molecule has 16 heavy (non-hydrogen) atoms. The van der Waals surface area contributed by atoms with Crippen LogP contribution in [0.4, 0.5) is 0 Å². The third-order valence-electron chi connectivity index (χ3n) is 2.65. The number of aryl methyl sites for hydroxylation is 1. The monoisotopic (exact) mass is 220 g/mol. The molecule has 0 saturated carbocycles. The predicted molar refractivity (Wildman–Crippen MR) is 62.5 cm³/mol. The van der Waals surface area contributed by atoms with Crippen molar-refractivity contribution < 1.29 is 14.3 Å². The summed E-state index contributed by atoms with van der Waals surface area (Å²) >= 11 is 0. The summed E-state index contributed by atoms with van der Waals surface area (Å²) in [7, 11) is 1.68. The quantitative estimate of drug-likeness (QED) is 0.860. The molecule has 1 N–H and O–H groups in total. The molecular weight excluding hydrogens is 204 g/mol. The zero-order valence-electron chi connectivity index (χ0n) is 9.62. The van der Waals surface area contributed by atoms with E-state index in [0.29, 0.717) is 6.61 Å². The Morgan fingerprint density at radius 1 is 1.31 bits per heavy atom. The molecule has 0 radical (unpaired) electrons. The van der Waals surface area contributed by atoms with Crippen LogP contribution in [0.5, 0.6) is 0 Å². The van der Waals surface area contributed by atoms with Crippen molar-refractivity contribution in [3.63, 3.8) is 0 Å². The smallest absolute Gasteiger partial charge is 0.137 e. The lowest BCUT2D eigenvalue weighted by Gasteiger charge is -1.99. The highest BCUT2D eigenvalue weighted by Gasteiger charge is 2.07. The van der Waals surface area contributed by atoms with Crippen molar-refractivity contribution in [2.45, 2.75) is 20.0 Å². The second-order valence-corrected chi connectivity index (χ2v) is 3.94. The lowest BCUT2D eigenvalue weighted by Crippen LogP contribution is -1.91. The van der Waals surface area contributed by atoms with Crippen molar-refractivity contribution in [3.8, 4) is 0 Å².